The first-order chi connectivity index (χ1) is 12.3. The van der Waals surface area contributed by atoms with Crippen molar-refractivity contribution in [2.45, 2.75) is 31.8 Å². The van der Waals surface area contributed by atoms with E-state index in [9.17, 15) is 19.7 Å². The first-order valence-corrected chi connectivity index (χ1v) is 8.49. The SMILES string of the molecule is CC(C(=O)Nc1cccc([N+](=O)[O-])c1)N1CCC(N(C)CC(=O)O)CC1. The lowest BCUT2D eigenvalue weighted by molar-refractivity contribution is -0.384. The van der Waals surface area contributed by atoms with Gasteiger partial charge in [0.15, 0.2) is 0 Å². The Morgan fingerprint density at radius 1 is 1.42 bits per heavy atom. The van der Waals surface area contributed by atoms with E-state index in [1.54, 1.807) is 20.0 Å². The Hall–Kier alpha value is -2.52. The summed E-state index contributed by atoms with van der Waals surface area (Å²) in [4.78, 5) is 37.4. The van der Waals surface area contributed by atoms with Gasteiger partial charge in [-0.05, 0) is 32.9 Å². The Bertz CT molecular complexity index is 673. The Morgan fingerprint density at radius 3 is 2.65 bits per heavy atom. The molecule has 0 bridgehead atoms. The van der Waals surface area contributed by atoms with Gasteiger partial charge in [-0.15, -0.1) is 0 Å². The second kappa shape index (κ2) is 8.72. The van der Waals surface area contributed by atoms with Gasteiger partial charge in [-0.2, -0.15) is 0 Å². The number of likely N-dealkylation sites (N-methyl/N-ethyl adjacent to an activating group) is 1. The minimum absolute atomic E-state index is 0.00743. The number of nitro benzene ring substituents is 1. The van der Waals surface area contributed by atoms with Crippen LogP contribution in [0.15, 0.2) is 24.3 Å². The van der Waals surface area contributed by atoms with Crippen LogP contribution in [0.2, 0.25) is 0 Å². The van der Waals surface area contributed by atoms with Gasteiger partial charge in [0.1, 0.15) is 0 Å². The number of nitrogens with one attached hydrogen (secondary N) is 1. The van der Waals surface area contributed by atoms with E-state index in [4.69, 9.17) is 5.11 Å². The number of anilines is 1. The van der Waals surface area contributed by atoms with E-state index >= 15 is 0 Å². The summed E-state index contributed by atoms with van der Waals surface area (Å²) in [7, 11) is 1.80. The van der Waals surface area contributed by atoms with Crippen LogP contribution in [0.4, 0.5) is 11.4 Å². The van der Waals surface area contributed by atoms with Gasteiger partial charge in [0, 0.05) is 37.0 Å². The summed E-state index contributed by atoms with van der Waals surface area (Å²) in [6, 6.07) is 5.66. The van der Waals surface area contributed by atoms with Crippen LogP contribution in [0.3, 0.4) is 0 Å². The van der Waals surface area contributed by atoms with Gasteiger partial charge < -0.3 is 10.4 Å². The summed E-state index contributed by atoms with van der Waals surface area (Å²) in [6.07, 6.45) is 1.58. The normalized spacial score (nSPS) is 17.0. The largest absolute Gasteiger partial charge is 0.480 e. The molecule has 0 aromatic heterocycles. The molecule has 1 unspecified atom stereocenters. The molecular weight excluding hydrogens is 340 g/mol. The maximum Gasteiger partial charge on any atom is 0.317 e. The third-order valence-corrected chi connectivity index (χ3v) is 4.76. The van der Waals surface area contributed by atoms with E-state index in [-0.39, 0.29) is 30.2 Å². The third-order valence-electron chi connectivity index (χ3n) is 4.76. The van der Waals surface area contributed by atoms with Crippen LogP contribution in [0.1, 0.15) is 19.8 Å². The number of aliphatic carboxylic acids is 1. The van der Waals surface area contributed by atoms with Crippen LogP contribution in [0.25, 0.3) is 0 Å². The highest BCUT2D eigenvalue weighted by molar-refractivity contribution is 5.94. The molecular formula is C17H24N4O5. The number of piperidine rings is 1. The minimum Gasteiger partial charge on any atom is -0.480 e. The molecule has 0 radical (unpaired) electrons. The number of hydrogen-bond donors (Lipinski definition) is 2. The number of likely N-dealkylation sites (tertiary alicyclic amines) is 1. The van der Waals surface area contributed by atoms with Gasteiger partial charge >= 0.3 is 5.97 Å². The summed E-state index contributed by atoms with van der Waals surface area (Å²) >= 11 is 0. The zero-order valence-electron chi connectivity index (χ0n) is 14.9. The van der Waals surface area contributed by atoms with Crippen molar-refractivity contribution >= 4 is 23.3 Å². The molecule has 1 aromatic carbocycles. The first kappa shape index (κ1) is 19.8. The summed E-state index contributed by atoms with van der Waals surface area (Å²) in [5.74, 6) is -1.07. The first-order valence-electron chi connectivity index (χ1n) is 8.49. The average Bonchev–Trinajstić information content (AvgIpc) is 2.60. The standard InChI is InChI=1S/C17H24N4O5/c1-12(17(24)18-13-4-3-5-15(10-13)21(25)26)20-8-6-14(7-9-20)19(2)11-16(22)23/h3-5,10,12,14H,6-9,11H2,1-2H3,(H,18,24)(H,22,23). The van der Waals surface area contributed by atoms with E-state index in [2.05, 4.69) is 5.32 Å². The molecule has 9 heteroatoms. The highest BCUT2D eigenvalue weighted by Gasteiger charge is 2.28. The number of hydrogen-bond acceptors (Lipinski definition) is 6. The molecule has 1 amide bonds. The number of carbonyl (C=O) groups is 2. The maximum absolute atomic E-state index is 12.4. The summed E-state index contributed by atoms with van der Waals surface area (Å²) in [5.41, 5.74) is 0.324. The molecule has 26 heavy (non-hydrogen) atoms. The molecule has 0 saturated carbocycles. The highest BCUT2D eigenvalue weighted by atomic mass is 16.6. The summed E-state index contributed by atoms with van der Waals surface area (Å²) < 4.78 is 0. The van der Waals surface area contributed by atoms with Crippen molar-refractivity contribution in [1.29, 1.82) is 0 Å². The summed E-state index contributed by atoms with van der Waals surface area (Å²) in [5, 5.41) is 22.4. The fraction of sp³-hybridized carbons (Fsp3) is 0.529. The number of non-ortho nitro benzene ring substituents is 1. The van der Waals surface area contributed by atoms with E-state index < -0.39 is 10.9 Å². The summed E-state index contributed by atoms with van der Waals surface area (Å²) in [6.45, 7) is 3.19. The zero-order valence-corrected chi connectivity index (χ0v) is 14.9. The van der Waals surface area contributed by atoms with Gasteiger partial charge in [-0.3, -0.25) is 29.5 Å². The van der Waals surface area contributed by atoms with Crippen LogP contribution < -0.4 is 5.32 Å². The molecule has 1 fully saturated rings. The number of carboxylic acids is 1. The van der Waals surface area contributed by atoms with Gasteiger partial charge in [0.25, 0.3) is 5.69 Å². The smallest absolute Gasteiger partial charge is 0.317 e. The van der Waals surface area contributed by atoms with Crippen molar-refractivity contribution in [1.82, 2.24) is 9.80 Å². The molecule has 1 heterocycles. The van der Waals surface area contributed by atoms with Crippen LogP contribution in [0, 0.1) is 10.1 Å². The van der Waals surface area contributed by atoms with E-state index in [1.165, 1.54) is 18.2 Å². The number of benzene rings is 1. The zero-order chi connectivity index (χ0) is 19.3. The molecule has 142 valence electrons. The van der Waals surface area contributed by atoms with E-state index in [1.807, 2.05) is 9.80 Å². The van der Waals surface area contributed by atoms with Crippen molar-refractivity contribution in [3.8, 4) is 0 Å². The van der Waals surface area contributed by atoms with Gasteiger partial charge in [0.05, 0.1) is 17.5 Å². The van der Waals surface area contributed by atoms with Crippen LogP contribution in [-0.2, 0) is 9.59 Å². The molecule has 1 saturated heterocycles. The lowest BCUT2D eigenvalue weighted by atomic mass is 10.0. The lowest BCUT2D eigenvalue weighted by Gasteiger charge is -2.38. The molecule has 0 spiro atoms. The highest BCUT2D eigenvalue weighted by Crippen LogP contribution is 2.20. The molecule has 9 nitrogen and oxygen atoms in total. The van der Waals surface area contributed by atoms with Crippen molar-refractivity contribution in [3.63, 3.8) is 0 Å². The number of amides is 1. The predicted molar refractivity (Wildman–Crippen MR) is 96.0 cm³/mol. The fourth-order valence-electron chi connectivity index (χ4n) is 3.17. The molecule has 0 aliphatic carbocycles. The monoisotopic (exact) mass is 364 g/mol. The minimum atomic E-state index is -0.848. The van der Waals surface area contributed by atoms with E-state index in [0.29, 0.717) is 18.8 Å². The Labute approximate surface area is 151 Å². The average molecular weight is 364 g/mol. The van der Waals surface area contributed by atoms with Crippen molar-refractivity contribution in [2.75, 3.05) is 32.0 Å². The molecule has 1 aliphatic rings. The lowest BCUT2D eigenvalue weighted by Crippen LogP contribution is -2.50. The number of nitrogens with zero attached hydrogens (tertiary/aromatic N) is 3. The molecule has 2 N–H and O–H groups in total. The van der Waals surface area contributed by atoms with Gasteiger partial charge in [-0.25, -0.2) is 0 Å². The van der Waals surface area contributed by atoms with Crippen molar-refractivity contribution < 1.29 is 19.6 Å². The quantitative estimate of drug-likeness (QED) is 0.555. The molecule has 1 atom stereocenters. The Kier molecular flexibility index (Phi) is 6.64. The van der Waals surface area contributed by atoms with Crippen molar-refractivity contribution in [3.05, 3.63) is 34.4 Å². The fourth-order valence-corrected chi connectivity index (χ4v) is 3.17. The molecule has 1 aliphatic heterocycles. The number of carbonyl (C=O) groups excluding carboxylic acids is 1. The van der Waals surface area contributed by atoms with Gasteiger partial charge in [0.2, 0.25) is 5.91 Å². The predicted octanol–water partition coefficient (Wildman–Crippen LogP) is 1.40. The van der Waals surface area contributed by atoms with Crippen LogP contribution in [0.5, 0.6) is 0 Å². The Morgan fingerprint density at radius 2 is 2.08 bits per heavy atom. The second-order valence-corrected chi connectivity index (χ2v) is 6.55. The topological polar surface area (TPSA) is 116 Å². The van der Waals surface area contributed by atoms with Crippen molar-refractivity contribution in [2.24, 2.45) is 0 Å². The second-order valence-electron chi connectivity index (χ2n) is 6.55. The maximum atomic E-state index is 12.4. The number of nitro groups is 1. The number of rotatable bonds is 7. The van der Waals surface area contributed by atoms with Gasteiger partial charge in [-0.1, -0.05) is 6.07 Å². The molecule has 1 aromatic rings. The third kappa shape index (κ3) is 5.24. The van der Waals surface area contributed by atoms with Crippen LogP contribution in [-0.4, -0.2) is 70.5 Å². The number of carboxylic acid groups (broad SMARTS) is 1. The van der Waals surface area contributed by atoms with E-state index in [0.717, 1.165) is 12.8 Å². The van der Waals surface area contributed by atoms with Crippen LogP contribution >= 0.6 is 0 Å². The molecule has 2 rings (SSSR count). The Balaban J connectivity index is 1.88.